The minimum atomic E-state index is -3.56. The smallest absolute Gasteiger partial charge is 0.254 e. The second-order valence-electron chi connectivity index (χ2n) is 4.14. The molecule has 1 aromatic heterocycles. The van der Waals surface area contributed by atoms with Gasteiger partial charge in [0.2, 0.25) is 0 Å². The Morgan fingerprint density at radius 3 is 2.50 bits per heavy atom. The molecule has 0 saturated heterocycles. The topological polar surface area (TPSA) is 70.5 Å². The first-order valence-corrected chi connectivity index (χ1v) is 7.00. The van der Waals surface area contributed by atoms with Crippen molar-refractivity contribution < 1.29 is 13.5 Å². The van der Waals surface area contributed by atoms with E-state index in [4.69, 9.17) is 5.11 Å². The first kappa shape index (κ1) is 13.6. The van der Waals surface area contributed by atoms with Crippen LogP contribution in [0.25, 0.3) is 0 Å². The van der Waals surface area contributed by atoms with Gasteiger partial charge in [0.15, 0.2) is 4.21 Å². The lowest BCUT2D eigenvalue weighted by molar-refractivity contribution is 0.138. The van der Waals surface area contributed by atoms with E-state index in [0.717, 1.165) is 11.3 Å². The van der Waals surface area contributed by atoms with Crippen LogP contribution >= 0.6 is 11.3 Å². The first-order valence-electron chi connectivity index (χ1n) is 4.74. The molecule has 0 amide bonds. The van der Waals surface area contributed by atoms with Crippen LogP contribution in [-0.4, -0.2) is 42.0 Å². The molecule has 1 rings (SSSR count). The van der Waals surface area contributed by atoms with E-state index >= 15 is 0 Å². The number of nitrogens with zero attached hydrogens (tertiary/aromatic N) is 2. The summed E-state index contributed by atoms with van der Waals surface area (Å²) in [6.07, 6.45) is 1.35. The highest BCUT2D eigenvalue weighted by Gasteiger charge is 2.34. The molecule has 0 atom stereocenters. The Balaban J connectivity index is 3.13. The third-order valence-electron chi connectivity index (χ3n) is 2.45. The summed E-state index contributed by atoms with van der Waals surface area (Å²) in [5, 5.41) is 9.86. The van der Waals surface area contributed by atoms with Gasteiger partial charge in [0.05, 0.1) is 23.4 Å². The van der Waals surface area contributed by atoms with E-state index in [1.54, 1.807) is 20.8 Å². The van der Waals surface area contributed by atoms with Crippen molar-refractivity contribution in [2.45, 2.75) is 30.5 Å². The molecule has 1 heterocycles. The highest BCUT2D eigenvalue weighted by Crippen LogP contribution is 2.26. The second kappa shape index (κ2) is 4.40. The fourth-order valence-electron chi connectivity index (χ4n) is 1.02. The third kappa shape index (κ3) is 2.42. The number of hydrogen-bond acceptors (Lipinski definition) is 5. The lowest BCUT2D eigenvalue weighted by Gasteiger charge is -2.32. The molecule has 92 valence electrons. The fourth-order valence-corrected chi connectivity index (χ4v) is 3.81. The van der Waals surface area contributed by atoms with E-state index in [0.29, 0.717) is 5.01 Å². The largest absolute Gasteiger partial charge is 0.394 e. The summed E-state index contributed by atoms with van der Waals surface area (Å²) in [6.45, 7) is 4.85. The average molecular weight is 264 g/mol. The molecule has 0 aliphatic carbocycles. The quantitative estimate of drug-likeness (QED) is 0.875. The summed E-state index contributed by atoms with van der Waals surface area (Å²) in [4.78, 5) is 3.92. The van der Waals surface area contributed by atoms with Crippen LogP contribution in [0.1, 0.15) is 18.9 Å². The standard InChI is InChI=1S/C9H16N2O3S2/c1-7-10-5-8(15-7)16(13,14)11(4)9(2,3)6-12/h5,12H,6H2,1-4H3. The van der Waals surface area contributed by atoms with Gasteiger partial charge >= 0.3 is 0 Å². The van der Waals surface area contributed by atoms with Crippen molar-refractivity contribution in [2.24, 2.45) is 0 Å². The number of likely N-dealkylation sites (N-methyl/N-ethyl adjacent to an activating group) is 1. The van der Waals surface area contributed by atoms with Gasteiger partial charge < -0.3 is 5.11 Å². The van der Waals surface area contributed by atoms with E-state index in [1.165, 1.54) is 17.5 Å². The lowest BCUT2D eigenvalue weighted by Crippen LogP contribution is -2.47. The highest BCUT2D eigenvalue weighted by molar-refractivity contribution is 7.91. The molecular formula is C9H16N2O3S2. The normalized spacial score (nSPS) is 13.4. The Bertz CT molecular complexity index is 465. The molecule has 0 aromatic carbocycles. The number of aromatic nitrogens is 1. The van der Waals surface area contributed by atoms with Gasteiger partial charge in [0, 0.05) is 7.05 Å². The number of aliphatic hydroxyl groups is 1. The SMILES string of the molecule is Cc1ncc(S(=O)(=O)N(C)C(C)(C)CO)s1. The average Bonchev–Trinajstić information content (AvgIpc) is 2.64. The van der Waals surface area contributed by atoms with Gasteiger partial charge in [-0.15, -0.1) is 11.3 Å². The van der Waals surface area contributed by atoms with Crippen molar-refractivity contribution >= 4 is 21.4 Å². The molecule has 0 bridgehead atoms. The van der Waals surface area contributed by atoms with Crippen LogP contribution in [0.5, 0.6) is 0 Å². The van der Waals surface area contributed by atoms with E-state index in [-0.39, 0.29) is 10.8 Å². The number of rotatable bonds is 4. The first-order chi connectivity index (χ1) is 7.21. The van der Waals surface area contributed by atoms with Crippen molar-refractivity contribution in [3.05, 3.63) is 11.2 Å². The van der Waals surface area contributed by atoms with Crippen LogP contribution in [0.4, 0.5) is 0 Å². The van der Waals surface area contributed by atoms with Crippen LogP contribution in [0.3, 0.4) is 0 Å². The van der Waals surface area contributed by atoms with Crippen LogP contribution in [0.15, 0.2) is 10.4 Å². The summed E-state index contributed by atoms with van der Waals surface area (Å²) in [7, 11) is -2.10. The number of aliphatic hydroxyl groups excluding tert-OH is 1. The monoisotopic (exact) mass is 264 g/mol. The molecule has 0 spiro atoms. The highest BCUT2D eigenvalue weighted by atomic mass is 32.2. The third-order valence-corrected chi connectivity index (χ3v) is 5.87. The molecule has 0 aliphatic heterocycles. The predicted molar refractivity (Wildman–Crippen MR) is 63.0 cm³/mol. The van der Waals surface area contributed by atoms with Gasteiger partial charge in [-0.2, -0.15) is 4.31 Å². The lowest BCUT2D eigenvalue weighted by atomic mass is 10.1. The number of aryl methyl sites for hydroxylation is 1. The second-order valence-corrected chi connectivity index (χ2v) is 7.57. The number of sulfonamides is 1. The summed E-state index contributed by atoms with van der Waals surface area (Å²) in [5.74, 6) is 0. The summed E-state index contributed by atoms with van der Waals surface area (Å²) >= 11 is 1.13. The van der Waals surface area contributed by atoms with E-state index in [1.807, 2.05) is 0 Å². The summed E-state index contributed by atoms with van der Waals surface area (Å²) < 4.78 is 25.6. The zero-order valence-electron chi connectivity index (χ0n) is 9.76. The van der Waals surface area contributed by atoms with Crippen LogP contribution in [0, 0.1) is 6.92 Å². The van der Waals surface area contributed by atoms with E-state index in [2.05, 4.69) is 4.98 Å². The molecule has 0 aliphatic rings. The van der Waals surface area contributed by atoms with Crippen molar-refractivity contribution in [1.82, 2.24) is 9.29 Å². The van der Waals surface area contributed by atoms with Gasteiger partial charge in [-0.05, 0) is 20.8 Å². The van der Waals surface area contributed by atoms with Gasteiger partial charge in [-0.1, -0.05) is 0 Å². The molecule has 0 fully saturated rings. The molecule has 5 nitrogen and oxygen atoms in total. The van der Waals surface area contributed by atoms with Gasteiger partial charge in [-0.3, -0.25) is 0 Å². The molecule has 7 heteroatoms. The molecule has 1 N–H and O–H groups in total. The van der Waals surface area contributed by atoms with Gasteiger partial charge in [0.1, 0.15) is 0 Å². The Hall–Kier alpha value is -0.500. The van der Waals surface area contributed by atoms with Crippen molar-refractivity contribution in [2.75, 3.05) is 13.7 Å². The zero-order chi connectivity index (χ0) is 12.6. The van der Waals surface area contributed by atoms with Crippen molar-refractivity contribution in [3.8, 4) is 0 Å². The molecule has 0 saturated carbocycles. The Labute approximate surface area is 99.8 Å². The van der Waals surface area contributed by atoms with E-state index in [9.17, 15) is 8.42 Å². The van der Waals surface area contributed by atoms with Crippen LogP contribution < -0.4 is 0 Å². The maximum absolute atomic E-state index is 12.1. The fraction of sp³-hybridized carbons (Fsp3) is 0.667. The minimum Gasteiger partial charge on any atom is -0.394 e. The number of thiazole rings is 1. The molecular weight excluding hydrogens is 248 g/mol. The van der Waals surface area contributed by atoms with Crippen LogP contribution in [-0.2, 0) is 10.0 Å². The van der Waals surface area contributed by atoms with Gasteiger partial charge in [0.25, 0.3) is 10.0 Å². The van der Waals surface area contributed by atoms with Crippen LogP contribution in [0.2, 0.25) is 0 Å². The number of hydrogen-bond donors (Lipinski definition) is 1. The Kier molecular flexibility index (Phi) is 3.73. The summed E-state index contributed by atoms with van der Waals surface area (Å²) in [5.41, 5.74) is -0.823. The minimum absolute atomic E-state index is 0.203. The molecule has 0 radical (unpaired) electrons. The predicted octanol–water partition coefficient (Wildman–Crippen LogP) is 0.843. The Morgan fingerprint density at radius 2 is 2.12 bits per heavy atom. The van der Waals surface area contributed by atoms with Gasteiger partial charge in [-0.25, -0.2) is 13.4 Å². The molecule has 1 aromatic rings. The Morgan fingerprint density at radius 1 is 1.56 bits per heavy atom. The zero-order valence-corrected chi connectivity index (χ0v) is 11.4. The molecule has 16 heavy (non-hydrogen) atoms. The molecule has 0 unspecified atom stereocenters. The summed E-state index contributed by atoms with van der Waals surface area (Å²) in [6, 6.07) is 0. The maximum atomic E-state index is 12.1. The maximum Gasteiger partial charge on any atom is 0.254 e. The van der Waals surface area contributed by atoms with E-state index < -0.39 is 15.6 Å². The van der Waals surface area contributed by atoms with Crippen molar-refractivity contribution in [3.63, 3.8) is 0 Å². The van der Waals surface area contributed by atoms with Crippen molar-refractivity contribution in [1.29, 1.82) is 0 Å².